The van der Waals surface area contributed by atoms with Crippen LogP contribution in [0.5, 0.6) is 0 Å². The second-order valence-electron chi connectivity index (χ2n) is 4.45. The van der Waals surface area contributed by atoms with Gasteiger partial charge in [-0.2, -0.15) is 4.99 Å². The summed E-state index contributed by atoms with van der Waals surface area (Å²) in [5.41, 5.74) is 1.82. The van der Waals surface area contributed by atoms with Crippen molar-refractivity contribution in [2.24, 2.45) is 10.9 Å². The molecular formula is C14H17NO2S. The molecule has 2 rings (SSSR count). The fraction of sp³-hybridized carbons (Fsp3) is 0.500. The van der Waals surface area contributed by atoms with Crippen LogP contribution in [0, 0.1) is 5.92 Å². The number of thiocarbonyl (C=S) groups is 1. The molecule has 0 spiro atoms. The minimum absolute atomic E-state index is 0.247. The molecule has 0 atom stereocenters. The summed E-state index contributed by atoms with van der Waals surface area (Å²) >= 11 is 4.56. The van der Waals surface area contributed by atoms with Crippen LogP contribution < -0.4 is 0 Å². The van der Waals surface area contributed by atoms with E-state index in [1.807, 2.05) is 24.3 Å². The Hall–Kier alpha value is -1.06. The largest absolute Gasteiger partial charge is 0.348 e. The summed E-state index contributed by atoms with van der Waals surface area (Å²) in [6.07, 6.45) is 2.09. The van der Waals surface area contributed by atoms with Gasteiger partial charge in [-0.25, -0.2) is 0 Å². The van der Waals surface area contributed by atoms with E-state index < -0.39 is 0 Å². The van der Waals surface area contributed by atoms with Gasteiger partial charge in [-0.3, -0.25) is 0 Å². The number of nitrogens with zero attached hydrogens (tertiary/aromatic N) is 1. The zero-order chi connectivity index (χ0) is 12.8. The number of isothiocyanates is 1. The van der Waals surface area contributed by atoms with Crippen LogP contribution in [-0.2, 0) is 9.47 Å². The van der Waals surface area contributed by atoms with E-state index in [-0.39, 0.29) is 6.29 Å². The Labute approximate surface area is 113 Å². The highest BCUT2D eigenvalue weighted by atomic mass is 32.1. The Kier molecular flexibility index (Phi) is 5.02. The molecule has 0 radical (unpaired) electrons. The standard InChI is InChI=1S/C14H17NO2S/c1-2-3-11-8-16-14(17-9-11)12-4-6-13(7-5-12)15-10-18/h4-7,11,14H,2-3,8-9H2,1H3. The summed E-state index contributed by atoms with van der Waals surface area (Å²) < 4.78 is 11.5. The van der Waals surface area contributed by atoms with Gasteiger partial charge < -0.3 is 9.47 Å². The second kappa shape index (κ2) is 6.76. The molecule has 1 fully saturated rings. The normalized spacial score (nSPS) is 23.4. The van der Waals surface area contributed by atoms with Gasteiger partial charge >= 0.3 is 0 Å². The molecular weight excluding hydrogens is 246 g/mol. The molecule has 0 saturated carbocycles. The molecule has 3 nitrogen and oxygen atoms in total. The molecule has 4 heteroatoms. The number of hydrogen-bond acceptors (Lipinski definition) is 4. The maximum Gasteiger partial charge on any atom is 0.183 e. The third-order valence-electron chi connectivity index (χ3n) is 3.00. The molecule has 1 aliphatic rings. The molecule has 0 unspecified atom stereocenters. The topological polar surface area (TPSA) is 30.8 Å². The van der Waals surface area contributed by atoms with Crippen molar-refractivity contribution >= 4 is 23.1 Å². The van der Waals surface area contributed by atoms with E-state index >= 15 is 0 Å². The Morgan fingerprint density at radius 1 is 1.28 bits per heavy atom. The minimum atomic E-state index is -0.247. The zero-order valence-electron chi connectivity index (χ0n) is 10.5. The van der Waals surface area contributed by atoms with Crippen LogP contribution in [0.4, 0.5) is 5.69 Å². The number of rotatable bonds is 4. The number of ether oxygens (including phenoxy) is 2. The van der Waals surface area contributed by atoms with E-state index in [9.17, 15) is 0 Å². The highest BCUT2D eigenvalue weighted by Crippen LogP contribution is 2.27. The van der Waals surface area contributed by atoms with Gasteiger partial charge in [-0.15, -0.1) is 0 Å². The van der Waals surface area contributed by atoms with Crippen LogP contribution in [0.15, 0.2) is 29.3 Å². The van der Waals surface area contributed by atoms with E-state index in [0.29, 0.717) is 5.92 Å². The van der Waals surface area contributed by atoms with Crippen LogP contribution in [-0.4, -0.2) is 18.4 Å². The second-order valence-corrected chi connectivity index (χ2v) is 4.63. The van der Waals surface area contributed by atoms with E-state index in [2.05, 4.69) is 29.3 Å². The van der Waals surface area contributed by atoms with Crippen LogP contribution >= 0.6 is 12.2 Å². The lowest BCUT2D eigenvalue weighted by atomic mass is 10.1. The molecule has 18 heavy (non-hydrogen) atoms. The Bertz CT molecular complexity index is 418. The predicted octanol–water partition coefficient (Wildman–Crippen LogP) is 3.88. The minimum Gasteiger partial charge on any atom is -0.348 e. The summed E-state index contributed by atoms with van der Waals surface area (Å²) in [6, 6.07) is 7.69. The molecule has 0 bridgehead atoms. The van der Waals surface area contributed by atoms with Crippen molar-refractivity contribution in [3.63, 3.8) is 0 Å². The third-order valence-corrected chi connectivity index (χ3v) is 3.09. The molecule has 1 saturated heterocycles. The van der Waals surface area contributed by atoms with Crippen molar-refractivity contribution in [1.29, 1.82) is 0 Å². The first-order valence-corrected chi connectivity index (χ1v) is 6.65. The first-order valence-electron chi connectivity index (χ1n) is 6.24. The fourth-order valence-electron chi connectivity index (χ4n) is 2.07. The lowest BCUT2D eigenvalue weighted by Crippen LogP contribution is -2.26. The van der Waals surface area contributed by atoms with Crippen molar-refractivity contribution in [2.75, 3.05) is 13.2 Å². The average Bonchev–Trinajstić information content (AvgIpc) is 2.41. The number of aliphatic imine (C=N–C) groups is 1. The first-order chi connectivity index (χ1) is 8.83. The van der Waals surface area contributed by atoms with Gasteiger partial charge in [0.2, 0.25) is 0 Å². The van der Waals surface area contributed by atoms with E-state index in [1.165, 1.54) is 6.42 Å². The smallest absolute Gasteiger partial charge is 0.183 e. The van der Waals surface area contributed by atoms with Gasteiger partial charge in [0, 0.05) is 11.5 Å². The molecule has 1 aromatic rings. The molecule has 0 aromatic heterocycles. The summed E-state index contributed by atoms with van der Waals surface area (Å²) in [4.78, 5) is 3.91. The highest BCUT2D eigenvalue weighted by molar-refractivity contribution is 7.78. The lowest BCUT2D eigenvalue weighted by Gasteiger charge is -2.29. The van der Waals surface area contributed by atoms with Crippen LogP contribution in [0.3, 0.4) is 0 Å². The van der Waals surface area contributed by atoms with Gasteiger partial charge in [-0.1, -0.05) is 25.5 Å². The fourth-order valence-corrected chi connectivity index (χ4v) is 2.17. The van der Waals surface area contributed by atoms with Crippen molar-refractivity contribution < 1.29 is 9.47 Å². The van der Waals surface area contributed by atoms with Gasteiger partial charge in [-0.05, 0) is 30.8 Å². The quantitative estimate of drug-likeness (QED) is 0.610. The molecule has 1 aliphatic heterocycles. The maximum atomic E-state index is 5.74. The molecule has 0 N–H and O–H groups in total. The van der Waals surface area contributed by atoms with Crippen molar-refractivity contribution in [3.8, 4) is 0 Å². The van der Waals surface area contributed by atoms with Crippen LogP contribution in [0.2, 0.25) is 0 Å². The van der Waals surface area contributed by atoms with E-state index in [4.69, 9.17) is 9.47 Å². The van der Waals surface area contributed by atoms with Crippen molar-refractivity contribution in [1.82, 2.24) is 0 Å². The summed E-state index contributed by atoms with van der Waals surface area (Å²) in [5.74, 6) is 0.532. The molecule has 96 valence electrons. The molecule has 1 heterocycles. The monoisotopic (exact) mass is 263 g/mol. The first kappa shape index (κ1) is 13.4. The Balaban J connectivity index is 1.94. The molecule has 1 aromatic carbocycles. The Morgan fingerprint density at radius 3 is 2.50 bits per heavy atom. The van der Waals surface area contributed by atoms with Crippen LogP contribution in [0.1, 0.15) is 31.6 Å². The summed E-state index contributed by atoms with van der Waals surface area (Å²) in [7, 11) is 0. The molecule has 0 aliphatic carbocycles. The van der Waals surface area contributed by atoms with Gasteiger partial charge in [0.15, 0.2) is 6.29 Å². The summed E-state index contributed by atoms with van der Waals surface area (Å²) in [5, 5.41) is 2.35. The van der Waals surface area contributed by atoms with Crippen LogP contribution in [0.25, 0.3) is 0 Å². The van der Waals surface area contributed by atoms with Gasteiger partial charge in [0.25, 0.3) is 0 Å². The lowest BCUT2D eigenvalue weighted by molar-refractivity contribution is -0.206. The zero-order valence-corrected chi connectivity index (χ0v) is 11.3. The summed E-state index contributed by atoms with van der Waals surface area (Å²) in [6.45, 7) is 3.73. The maximum absolute atomic E-state index is 5.74. The van der Waals surface area contributed by atoms with Gasteiger partial charge in [0.1, 0.15) is 0 Å². The average molecular weight is 263 g/mol. The highest BCUT2D eigenvalue weighted by Gasteiger charge is 2.22. The van der Waals surface area contributed by atoms with Gasteiger partial charge in [0.05, 0.1) is 24.1 Å². The Morgan fingerprint density at radius 2 is 1.94 bits per heavy atom. The van der Waals surface area contributed by atoms with Crippen molar-refractivity contribution in [3.05, 3.63) is 29.8 Å². The number of hydrogen-bond donors (Lipinski definition) is 0. The predicted molar refractivity (Wildman–Crippen MR) is 74.2 cm³/mol. The number of benzene rings is 1. The van der Waals surface area contributed by atoms with E-state index in [1.54, 1.807) is 0 Å². The van der Waals surface area contributed by atoms with E-state index in [0.717, 1.165) is 30.9 Å². The SMILES string of the molecule is CCCC1COC(c2ccc(N=C=S)cc2)OC1. The molecule has 0 amide bonds. The van der Waals surface area contributed by atoms with Crippen molar-refractivity contribution in [2.45, 2.75) is 26.1 Å². The third kappa shape index (κ3) is 3.47.